The van der Waals surface area contributed by atoms with Gasteiger partial charge in [0.05, 0.1) is 17.7 Å². The Morgan fingerprint density at radius 1 is 1.31 bits per heavy atom. The number of nitrogens with zero attached hydrogens (tertiary/aromatic N) is 1. The zero-order valence-corrected chi connectivity index (χ0v) is 18.2. The molecule has 168 valence electrons. The molecule has 3 amide bonds. The van der Waals surface area contributed by atoms with Crippen molar-refractivity contribution in [1.29, 1.82) is 0 Å². The summed E-state index contributed by atoms with van der Waals surface area (Å²) in [6.07, 6.45) is 1.85. The van der Waals surface area contributed by atoms with E-state index < -0.39 is 11.9 Å². The zero-order valence-electron chi connectivity index (χ0n) is 18.2. The molecule has 1 fully saturated rings. The number of hydrogen-bond donors (Lipinski definition) is 3. The van der Waals surface area contributed by atoms with E-state index in [9.17, 15) is 18.8 Å². The van der Waals surface area contributed by atoms with Gasteiger partial charge in [-0.2, -0.15) is 0 Å². The van der Waals surface area contributed by atoms with Crippen molar-refractivity contribution in [2.75, 3.05) is 32.1 Å². The highest BCUT2D eigenvalue weighted by molar-refractivity contribution is 6.34. The fourth-order valence-electron chi connectivity index (χ4n) is 3.99. The van der Waals surface area contributed by atoms with Crippen molar-refractivity contribution < 1.29 is 23.5 Å². The fraction of sp³-hybridized carbons (Fsp3) is 0.348. The molecular weight excluding hydrogens is 415 g/mol. The van der Waals surface area contributed by atoms with Crippen LogP contribution in [-0.4, -0.2) is 60.5 Å². The number of aryl methyl sites for hydroxylation is 1. The summed E-state index contributed by atoms with van der Waals surface area (Å²) in [5, 5.41) is 5.48. The first-order valence-electron chi connectivity index (χ1n) is 10.4. The third-order valence-electron chi connectivity index (χ3n) is 5.93. The summed E-state index contributed by atoms with van der Waals surface area (Å²) in [7, 11) is 1.44. The molecule has 8 nitrogen and oxygen atoms in total. The van der Waals surface area contributed by atoms with Gasteiger partial charge in [-0.05, 0) is 50.1 Å². The normalized spacial score (nSPS) is 17.1. The minimum absolute atomic E-state index is 0.0558. The molecule has 2 aliphatic rings. The number of carbonyl (C=O) groups is 3. The highest BCUT2D eigenvalue weighted by Gasteiger charge is 2.29. The second kappa shape index (κ2) is 8.58. The maximum Gasteiger partial charge on any atom is 0.256 e. The topological polar surface area (TPSA) is 104 Å². The first-order valence-corrected chi connectivity index (χ1v) is 10.4. The Labute approximate surface area is 184 Å². The van der Waals surface area contributed by atoms with E-state index in [1.807, 2.05) is 0 Å². The number of aromatic amines is 1. The van der Waals surface area contributed by atoms with Gasteiger partial charge in [0.15, 0.2) is 6.10 Å². The number of fused-ring (bicyclic) bond motifs is 1. The second-order valence-electron chi connectivity index (χ2n) is 7.98. The smallest absolute Gasteiger partial charge is 0.256 e. The van der Waals surface area contributed by atoms with Crippen molar-refractivity contribution in [2.24, 2.45) is 0 Å². The lowest BCUT2D eigenvalue weighted by atomic mass is 10.0. The van der Waals surface area contributed by atoms with Crippen molar-refractivity contribution in [3.8, 4) is 0 Å². The van der Waals surface area contributed by atoms with Crippen LogP contribution in [0.15, 0.2) is 18.2 Å². The molecular formula is C23H25FN4O4. The van der Waals surface area contributed by atoms with Crippen molar-refractivity contribution in [2.45, 2.75) is 26.4 Å². The largest absolute Gasteiger partial charge is 0.370 e. The number of halogens is 1. The van der Waals surface area contributed by atoms with Crippen LogP contribution >= 0.6 is 0 Å². The van der Waals surface area contributed by atoms with Crippen molar-refractivity contribution in [3.63, 3.8) is 0 Å². The van der Waals surface area contributed by atoms with Gasteiger partial charge in [-0.1, -0.05) is 0 Å². The Kier molecular flexibility index (Phi) is 5.84. The molecule has 0 aliphatic carbocycles. The van der Waals surface area contributed by atoms with E-state index in [2.05, 4.69) is 15.6 Å². The molecule has 3 heterocycles. The van der Waals surface area contributed by atoms with Gasteiger partial charge >= 0.3 is 0 Å². The van der Waals surface area contributed by atoms with Crippen LogP contribution in [0.4, 0.5) is 10.1 Å². The lowest BCUT2D eigenvalue weighted by Crippen LogP contribution is -2.51. The Morgan fingerprint density at radius 3 is 2.72 bits per heavy atom. The molecule has 0 bridgehead atoms. The third kappa shape index (κ3) is 3.91. The van der Waals surface area contributed by atoms with Crippen LogP contribution in [0.3, 0.4) is 0 Å². The number of carbonyl (C=O) groups excluding carboxylic acids is 3. The van der Waals surface area contributed by atoms with Gasteiger partial charge in [-0.25, -0.2) is 4.39 Å². The highest BCUT2D eigenvalue weighted by Crippen LogP contribution is 2.34. The van der Waals surface area contributed by atoms with Crippen LogP contribution in [-0.2, 0) is 14.3 Å². The summed E-state index contributed by atoms with van der Waals surface area (Å²) < 4.78 is 19.0. The average molecular weight is 440 g/mol. The number of likely N-dealkylation sites (tertiary alicyclic amines) is 1. The highest BCUT2D eigenvalue weighted by atomic mass is 19.1. The Balaban J connectivity index is 1.54. The molecule has 1 aromatic heterocycles. The molecule has 1 unspecified atom stereocenters. The van der Waals surface area contributed by atoms with E-state index >= 15 is 0 Å². The number of nitrogens with one attached hydrogen (secondary N) is 3. The van der Waals surface area contributed by atoms with Crippen molar-refractivity contribution >= 4 is 35.1 Å². The standard InChI is InChI=1S/C23H25FN4O4/c1-12-18(10-16-15-9-14(24)5-6-17(15)27-21(16)29)26-13(2)20(12)22(30)25-11-19(32-3)23(31)28-7-4-8-28/h5-6,9-10,19,26H,4,7-8,11H2,1-3H3,(H,25,30)(H,27,29)/b16-10-. The second-order valence-corrected chi connectivity index (χ2v) is 7.98. The summed E-state index contributed by atoms with van der Waals surface area (Å²) in [6.45, 7) is 5.00. The lowest BCUT2D eigenvalue weighted by Gasteiger charge is -2.33. The molecule has 1 saturated heterocycles. The van der Waals surface area contributed by atoms with Gasteiger partial charge < -0.3 is 25.3 Å². The number of anilines is 1. The summed E-state index contributed by atoms with van der Waals surface area (Å²) in [5.41, 5.74) is 3.60. The number of rotatable bonds is 6. The third-order valence-corrected chi connectivity index (χ3v) is 5.93. The predicted octanol–water partition coefficient (Wildman–Crippen LogP) is 2.24. The monoisotopic (exact) mass is 440 g/mol. The lowest BCUT2D eigenvalue weighted by molar-refractivity contribution is -0.145. The summed E-state index contributed by atoms with van der Waals surface area (Å²) in [6, 6.07) is 4.11. The average Bonchev–Trinajstić information content (AvgIpc) is 3.16. The SMILES string of the molecule is COC(CNC(=O)c1c(C)[nH]c(/C=C2\C(=O)Nc3ccc(F)cc32)c1C)C(=O)N1CCC1. The van der Waals surface area contributed by atoms with Gasteiger partial charge in [0, 0.05) is 42.8 Å². The van der Waals surface area contributed by atoms with E-state index in [1.165, 1.54) is 25.3 Å². The molecule has 2 aromatic rings. The molecule has 1 aromatic carbocycles. The minimum atomic E-state index is -0.742. The molecule has 3 N–H and O–H groups in total. The Morgan fingerprint density at radius 2 is 2.06 bits per heavy atom. The number of aromatic nitrogens is 1. The zero-order chi connectivity index (χ0) is 23.0. The van der Waals surface area contributed by atoms with E-state index in [0.717, 1.165) is 6.42 Å². The predicted molar refractivity (Wildman–Crippen MR) is 117 cm³/mol. The van der Waals surface area contributed by atoms with Gasteiger partial charge in [0.25, 0.3) is 17.7 Å². The first-order chi connectivity index (χ1) is 15.3. The maximum atomic E-state index is 13.7. The Hall–Kier alpha value is -3.46. The minimum Gasteiger partial charge on any atom is -0.370 e. The van der Waals surface area contributed by atoms with E-state index in [1.54, 1.807) is 24.8 Å². The maximum absolute atomic E-state index is 13.7. The van der Waals surface area contributed by atoms with Crippen LogP contribution in [0.25, 0.3) is 11.6 Å². The number of hydrogen-bond acceptors (Lipinski definition) is 4. The summed E-state index contributed by atoms with van der Waals surface area (Å²) >= 11 is 0. The van der Waals surface area contributed by atoms with E-state index in [-0.39, 0.29) is 24.3 Å². The summed E-state index contributed by atoms with van der Waals surface area (Å²) in [5.74, 6) is -1.26. The van der Waals surface area contributed by atoms with Gasteiger partial charge in [-0.15, -0.1) is 0 Å². The number of ether oxygens (including phenoxy) is 1. The van der Waals surface area contributed by atoms with E-state index in [0.29, 0.717) is 52.4 Å². The number of amides is 3. The molecule has 0 spiro atoms. The summed E-state index contributed by atoms with van der Waals surface area (Å²) in [4.78, 5) is 42.5. The van der Waals surface area contributed by atoms with Gasteiger partial charge in [-0.3, -0.25) is 14.4 Å². The fourth-order valence-corrected chi connectivity index (χ4v) is 3.99. The first kappa shape index (κ1) is 21.8. The van der Waals surface area contributed by atoms with Crippen LogP contribution in [0, 0.1) is 19.7 Å². The van der Waals surface area contributed by atoms with Crippen LogP contribution < -0.4 is 10.6 Å². The van der Waals surface area contributed by atoms with Crippen LogP contribution in [0.5, 0.6) is 0 Å². The number of methoxy groups -OCH3 is 1. The van der Waals surface area contributed by atoms with Gasteiger partial charge in [0.1, 0.15) is 5.82 Å². The van der Waals surface area contributed by atoms with Crippen molar-refractivity contribution in [3.05, 3.63) is 52.1 Å². The molecule has 4 rings (SSSR count). The molecule has 2 aliphatic heterocycles. The van der Waals surface area contributed by atoms with Crippen molar-refractivity contribution in [1.82, 2.24) is 15.2 Å². The number of H-pyrrole nitrogens is 1. The number of benzene rings is 1. The molecule has 1 atom stereocenters. The quantitative estimate of drug-likeness (QED) is 0.600. The van der Waals surface area contributed by atoms with Crippen LogP contribution in [0.2, 0.25) is 0 Å². The Bertz CT molecular complexity index is 1130. The molecule has 0 radical (unpaired) electrons. The van der Waals surface area contributed by atoms with Gasteiger partial charge in [0.2, 0.25) is 0 Å². The molecule has 0 saturated carbocycles. The molecule has 32 heavy (non-hydrogen) atoms. The van der Waals surface area contributed by atoms with Crippen LogP contribution in [0.1, 0.15) is 39.3 Å². The molecule has 9 heteroatoms. The van der Waals surface area contributed by atoms with E-state index in [4.69, 9.17) is 4.74 Å².